The van der Waals surface area contributed by atoms with Crippen LogP contribution in [0.5, 0.6) is 5.75 Å². The highest BCUT2D eigenvalue weighted by molar-refractivity contribution is 6.34. The van der Waals surface area contributed by atoms with E-state index in [1.165, 1.54) is 0 Å². The second kappa shape index (κ2) is 10.0. The molecule has 1 fully saturated rings. The number of phenols is 1. The van der Waals surface area contributed by atoms with Crippen LogP contribution in [0.15, 0.2) is 58.7 Å². The summed E-state index contributed by atoms with van der Waals surface area (Å²) < 4.78 is 16.6. The topological polar surface area (TPSA) is 76.1 Å². The SMILES string of the molecule is [C-]#[N+]/C(C#N)=C1\C=C(C)OC(/C=C/c2ccc(C(OC)=C3CCOCC3)c(Cl)c2O)=C1. The Morgan fingerprint density at radius 2 is 2.03 bits per heavy atom. The summed E-state index contributed by atoms with van der Waals surface area (Å²) >= 11 is 6.48. The third-order valence-electron chi connectivity index (χ3n) is 4.87. The molecular weight excluding hydrogens is 416 g/mol. The van der Waals surface area contributed by atoms with Gasteiger partial charge in [-0.1, -0.05) is 17.7 Å². The number of benzene rings is 1. The minimum absolute atomic E-state index is 0.0166. The largest absolute Gasteiger partial charge is 0.506 e. The van der Waals surface area contributed by atoms with Gasteiger partial charge < -0.3 is 19.3 Å². The van der Waals surface area contributed by atoms with Crippen molar-refractivity contribution in [1.82, 2.24) is 0 Å². The van der Waals surface area contributed by atoms with Gasteiger partial charge in [-0.3, -0.25) is 0 Å². The van der Waals surface area contributed by atoms with Gasteiger partial charge in [0.2, 0.25) is 0 Å². The Kier molecular flexibility index (Phi) is 7.20. The highest BCUT2D eigenvalue weighted by Gasteiger charge is 2.19. The molecule has 2 aliphatic heterocycles. The van der Waals surface area contributed by atoms with Crippen LogP contribution in [-0.4, -0.2) is 25.4 Å². The van der Waals surface area contributed by atoms with Crippen molar-refractivity contribution < 1.29 is 19.3 Å². The molecule has 2 heterocycles. The zero-order chi connectivity index (χ0) is 22.4. The highest BCUT2D eigenvalue weighted by atomic mass is 35.5. The lowest BCUT2D eigenvalue weighted by Gasteiger charge is -2.20. The van der Waals surface area contributed by atoms with E-state index >= 15 is 0 Å². The van der Waals surface area contributed by atoms with Crippen molar-refractivity contribution in [1.29, 1.82) is 5.26 Å². The summed E-state index contributed by atoms with van der Waals surface area (Å²) in [6.07, 6.45) is 8.05. The quantitative estimate of drug-likeness (QED) is 0.370. The van der Waals surface area contributed by atoms with Crippen LogP contribution < -0.4 is 0 Å². The highest BCUT2D eigenvalue weighted by Crippen LogP contribution is 2.38. The zero-order valence-corrected chi connectivity index (χ0v) is 18.0. The Morgan fingerprint density at radius 3 is 2.68 bits per heavy atom. The summed E-state index contributed by atoms with van der Waals surface area (Å²) in [6, 6.07) is 5.43. The summed E-state index contributed by atoms with van der Waals surface area (Å²) in [7, 11) is 1.59. The molecule has 0 bridgehead atoms. The third kappa shape index (κ3) is 5.00. The number of hydrogen-bond acceptors (Lipinski definition) is 5. The van der Waals surface area contributed by atoms with Gasteiger partial charge >= 0.3 is 0 Å². The number of nitrogens with zero attached hydrogens (tertiary/aromatic N) is 2. The van der Waals surface area contributed by atoms with Gasteiger partial charge in [0.15, 0.2) is 0 Å². The van der Waals surface area contributed by atoms with Gasteiger partial charge in [0.1, 0.15) is 23.0 Å². The first-order chi connectivity index (χ1) is 15.0. The molecule has 158 valence electrons. The average molecular weight is 437 g/mol. The lowest BCUT2D eigenvalue weighted by Crippen LogP contribution is -2.10. The van der Waals surface area contributed by atoms with Gasteiger partial charge in [0.25, 0.3) is 5.70 Å². The molecule has 1 aromatic rings. The Morgan fingerprint density at radius 1 is 1.29 bits per heavy atom. The van der Waals surface area contributed by atoms with Crippen molar-refractivity contribution in [2.75, 3.05) is 20.3 Å². The number of rotatable bonds is 4. The number of methoxy groups -OCH3 is 1. The predicted molar refractivity (Wildman–Crippen MR) is 118 cm³/mol. The van der Waals surface area contributed by atoms with Crippen LogP contribution in [0.25, 0.3) is 16.7 Å². The molecule has 0 saturated carbocycles. The molecule has 0 aromatic heterocycles. The van der Waals surface area contributed by atoms with Crippen molar-refractivity contribution in [2.45, 2.75) is 19.8 Å². The Labute approximate surface area is 186 Å². The number of allylic oxidation sites excluding steroid dienone is 6. The van der Waals surface area contributed by atoms with Crippen molar-refractivity contribution in [3.63, 3.8) is 0 Å². The van der Waals surface area contributed by atoms with Crippen LogP contribution in [0.4, 0.5) is 0 Å². The maximum absolute atomic E-state index is 10.7. The van der Waals surface area contributed by atoms with Crippen molar-refractivity contribution >= 4 is 23.4 Å². The average Bonchev–Trinajstić information content (AvgIpc) is 2.78. The van der Waals surface area contributed by atoms with Crippen LogP contribution in [0.2, 0.25) is 5.02 Å². The van der Waals surface area contributed by atoms with Gasteiger partial charge in [0.05, 0.1) is 38.0 Å². The smallest absolute Gasteiger partial charge is 0.269 e. The molecule has 0 amide bonds. The number of aromatic hydroxyl groups is 1. The Hall–Kier alpha value is -3.45. The Balaban J connectivity index is 1.93. The number of phenolic OH excluding ortho intramolecular Hbond substituents is 1. The molecule has 0 atom stereocenters. The van der Waals surface area contributed by atoms with Crippen LogP contribution in [-0.2, 0) is 14.2 Å². The minimum Gasteiger partial charge on any atom is -0.506 e. The molecule has 6 nitrogen and oxygen atoms in total. The first-order valence-electron chi connectivity index (χ1n) is 9.61. The molecule has 0 radical (unpaired) electrons. The molecule has 2 aliphatic rings. The van der Waals surface area contributed by atoms with E-state index in [1.807, 2.05) is 12.1 Å². The third-order valence-corrected chi connectivity index (χ3v) is 5.25. The molecule has 0 unspecified atom stereocenters. The van der Waals surface area contributed by atoms with Gasteiger partial charge in [-0.05, 0) is 61.3 Å². The van der Waals surface area contributed by atoms with Crippen LogP contribution in [0.1, 0.15) is 30.9 Å². The van der Waals surface area contributed by atoms with E-state index in [0.29, 0.717) is 47.2 Å². The minimum atomic E-state index is -0.0732. The fraction of sp³-hybridized carbons (Fsp3) is 0.250. The summed E-state index contributed by atoms with van der Waals surface area (Å²) in [6.45, 7) is 10.1. The summed E-state index contributed by atoms with van der Waals surface area (Å²) in [5, 5.41) is 20.0. The van der Waals surface area contributed by atoms with Crippen molar-refractivity contribution in [3.8, 4) is 11.8 Å². The van der Waals surface area contributed by atoms with Crippen LogP contribution in [0, 0.1) is 17.9 Å². The van der Waals surface area contributed by atoms with E-state index in [4.69, 9.17) is 37.6 Å². The molecule has 31 heavy (non-hydrogen) atoms. The zero-order valence-electron chi connectivity index (χ0n) is 17.2. The lowest BCUT2D eigenvalue weighted by atomic mass is 10.00. The van der Waals surface area contributed by atoms with Gasteiger partial charge in [-0.25, -0.2) is 10.1 Å². The second-order valence-corrected chi connectivity index (χ2v) is 7.26. The standard InChI is InChI=1S/C24H21ClN2O4/c1-15-12-18(21(14-26)27-2)13-19(31-15)6-4-16-5-7-20(22(25)23(16)28)24(29-3)17-8-10-30-11-9-17/h4-7,12-13,28H,8-11H2,1,3H3/b6-4+,21-18+. The molecule has 0 aliphatic carbocycles. The Bertz CT molecular complexity index is 1100. The molecule has 3 rings (SSSR count). The van der Waals surface area contributed by atoms with E-state index in [9.17, 15) is 5.11 Å². The predicted octanol–water partition coefficient (Wildman–Crippen LogP) is 5.74. The second-order valence-electron chi connectivity index (χ2n) is 6.88. The molecule has 7 heteroatoms. The van der Waals surface area contributed by atoms with E-state index in [0.717, 1.165) is 18.4 Å². The summed E-state index contributed by atoms with van der Waals surface area (Å²) in [5.41, 5.74) is 2.69. The van der Waals surface area contributed by atoms with Crippen molar-refractivity contribution in [2.24, 2.45) is 0 Å². The molecular formula is C24H21ClN2O4. The number of hydrogen-bond donors (Lipinski definition) is 1. The van der Waals surface area contributed by atoms with Gasteiger partial charge in [-0.2, -0.15) is 0 Å². The fourth-order valence-electron chi connectivity index (χ4n) is 3.38. The lowest BCUT2D eigenvalue weighted by molar-refractivity contribution is 0.118. The normalized spacial score (nSPS) is 17.8. The first kappa shape index (κ1) is 22.2. The molecule has 1 N–H and O–H groups in total. The number of halogens is 1. The summed E-state index contributed by atoms with van der Waals surface area (Å²) in [5.74, 6) is 1.58. The first-order valence-corrected chi connectivity index (χ1v) is 9.99. The molecule has 1 saturated heterocycles. The number of ether oxygens (including phenoxy) is 3. The maximum atomic E-state index is 10.7. The molecule has 1 aromatic carbocycles. The van der Waals surface area contributed by atoms with Gasteiger partial charge in [0, 0.05) is 11.1 Å². The summed E-state index contributed by atoms with van der Waals surface area (Å²) in [4.78, 5) is 3.23. The van der Waals surface area contributed by atoms with E-state index in [1.54, 1.807) is 44.4 Å². The van der Waals surface area contributed by atoms with Crippen LogP contribution >= 0.6 is 11.6 Å². The van der Waals surface area contributed by atoms with Gasteiger partial charge in [-0.15, -0.1) is 0 Å². The molecule has 0 spiro atoms. The van der Waals surface area contributed by atoms with E-state index in [-0.39, 0.29) is 16.5 Å². The maximum Gasteiger partial charge on any atom is 0.269 e. The van der Waals surface area contributed by atoms with Crippen molar-refractivity contribution in [3.05, 3.63) is 86.3 Å². The monoisotopic (exact) mass is 436 g/mol. The fourth-order valence-corrected chi connectivity index (χ4v) is 3.64. The van der Waals surface area contributed by atoms with E-state index < -0.39 is 0 Å². The number of nitriles is 1. The van der Waals surface area contributed by atoms with Crippen LogP contribution in [0.3, 0.4) is 0 Å². The van der Waals surface area contributed by atoms with E-state index in [2.05, 4.69) is 4.85 Å².